The molecule has 2 aliphatic carbocycles. The van der Waals surface area contributed by atoms with Crippen molar-refractivity contribution in [1.29, 1.82) is 0 Å². The van der Waals surface area contributed by atoms with E-state index in [1.807, 2.05) is 0 Å². The first-order chi connectivity index (χ1) is 12.6. The van der Waals surface area contributed by atoms with Gasteiger partial charge in [-0.3, -0.25) is 0 Å². The molecule has 0 N–H and O–H groups in total. The molecule has 0 amide bonds. The smallest absolute Gasteiger partial charge is 0.000731 e. The number of allylic oxidation sites excluding steroid dienone is 4. The summed E-state index contributed by atoms with van der Waals surface area (Å²) in [5.41, 5.74) is 9.42. The largest absolute Gasteiger partial charge is 0.0914 e. The third kappa shape index (κ3) is 2.92. The predicted molar refractivity (Wildman–Crippen MR) is 118 cm³/mol. The summed E-state index contributed by atoms with van der Waals surface area (Å²) in [5.74, 6) is 0. The zero-order valence-corrected chi connectivity index (χ0v) is 17.5. The van der Waals surface area contributed by atoms with Gasteiger partial charge in [-0.1, -0.05) is 78.5 Å². The zero-order valence-electron chi connectivity index (χ0n) is 17.5. The molecule has 0 saturated carbocycles. The summed E-state index contributed by atoms with van der Waals surface area (Å²) in [6.45, 7) is 18.1. The molecular weight excluding hydrogens is 324 g/mol. The van der Waals surface area contributed by atoms with Crippen LogP contribution in [0.5, 0.6) is 0 Å². The van der Waals surface area contributed by atoms with Crippen LogP contribution in [-0.2, 0) is 10.8 Å². The van der Waals surface area contributed by atoms with Gasteiger partial charge < -0.3 is 0 Å². The fraction of sp³-hybridized carbons (Fsp3) is 0.333. The van der Waals surface area contributed by atoms with Crippen LogP contribution in [-0.4, -0.2) is 0 Å². The minimum atomic E-state index is 0.0396. The molecular formula is C27H29. The van der Waals surface area contributed by atoms with Gasteiger partial charge in [0, 0.05) is 0 Å². The molecule has 0 spiro atoms. The summed E-state index contributed by atoms with van der Waals surface area (Å²) in [6, 6.07) is 9.14. The third-order valence-electron chi connectivity index (χ3n) is 5.69. The third-order valence-corrected chi connectivity index (χ3v) is 5.69. The first-order valence-electron chi connectivity index (χ1n) is 9.89. The molecule has 4 rings (SSSR count). The monoisotopic (exact) mass is 353 g/mol. The molecule has 1 radical (unpaired) electrons. The highest BCUT2D eigenvalue weighted by Crippen LogP contribution is 2.36. The van der Waals surface area contributed by atoms with Crippen LogP contribution >= 0.6 is 0 Å². The van der Waals surface area contributed by atoms with E-state index in [1.165, 1.54) is 44.2 Å². The van der Waals surface area contributed by atoms with E-state index in [0.29, 0.717) is 0 Å². The number of rotatable bonds is 1. The Morgan fingerprint density at radius 2 is 1.67 bits per heavy atom. The number of fused-ring (bicyclic) bond motifs is 3. The molecule has 0 aliphatic heterocycles. The van der Waals surface area contributed by atoms with Crippen LogP contribution in [0.4, 0.5) is 0 Å². The summed E-state index contributed by atoms with van der Waals surface area (Å²) >= 11 is 0. The average molecular weight is 354 g/mol. The molecule has 137 valence electrons. The van der Waals surface area contributed by atoms with E-state index in [-0.39, 0.29) is 10.8 Å². The summed E-state index contributed by atoms with van der Waals surface area (Å²) in [4.78, 5) is 0. The van der Waals surface area contributed by atoms with E-state index >= 15 is 0 Å². The minimum absolute atomic E-state index is 0.0396. The Morgan fingerprint density at radius 1 is 0.926 bits per heavy atom. The van der Waals surface area contributed by atoms with Gasteiger partial charge in [-0.05, 0) is 84.9 Å². The van der Waals surface area contributed by atoms with E-state index in [0.717, 1.165) is 11.6 Å². The first-order valence-corrected chi connectivity index (χ1v) is 9.89. The van der Waals surface area contributed by atoms with Gasteiger partial charge in [0.05, 0.1) is 0 Å². The topological polar surface area (TPSA) is 0 Å². The van der Waals surface area contributed by atoms with E-state index in [9.17, 15) is 0 Å². The van der Waals surface area contributed by atoms with Gasteiger partial charge in [-0.2, -0.15) is 0 Å². The molecule has 0 atom stereocenters. The Kier molecular flexibility index (Phi) is 3.89. The van der Waals surface area contributed by atoms with Gasteiger partial charge in [0.1, 0.15) is 0 Å². The molecule has 0 bridgehead atoms. The van der Waals surface area contributed by atoms with Crippen molar-refractivity contribution in [3.05, 3.63) is 75.2 Å². The summed E-state index contributed by atoms with van der Waals surface area (Å²) < 4.78 is 0. The highest BCUT2D eigenvalue weighted by atomic mass is 14.3. The number of benzene rings is 2. The van der Waals surface area contributed by atoms with Gasteiger partial charge in [-0.15, -0.1) is 0 Å². The predicted octanol–water partition coefficient (Wildman–Crippen LogP) is 5.72. The van der Waals surface area contributed by atoms with E-state index in [2.05, 4.69) is 96.7 Å². The first kappa shape index (κ1) is 18.0. The van der Waals surface area contributed by atoms with Crippen molar-refractivity contribution in [2.75, 3.05) is 0 Å². The fourth-order valence-electron chi connectivity index (χ4n) is 4.38. The fourth-order valence-corrected chi connectivity index (χ4v) is 4.38. The highest BCUT2D eigenvalue weighted by molar-refractivity contribution is 5.89. The maximum atomic E-state index is 4.45. The van der Waals surface area contributed by atoms with E-state index in [4.69, 9.17) is 0 Å². The lowest BCUT2D eigenvalue weighted by Crippen LogP contribution is -2.30. The van der Waals surface area contributed by atoms with Crippen molar-refractivity contribution in [2.24, 2.45) is 0 Å². The molecule has 0 unspecified atom stereocenters. The van der Waals surface area contributed by atoms with Crippen molar-refractivity contribution < 1.29 is 0 Å². The molecule has 2 aromatic rings. The standard InChI is InChI=1S/C27H29/c1-17-14-22-21-13-12-20(26(2,3)4)15-19(21)16-23(22)24(18-10-8-9-11-18)25(17)27(5,6)7/h8-10,12-15H,1,11H2,2-7H3. The Balaban J connectivity index is 2.05. The van der Waals surface area contributed by atoms with Gasteiger partial charge in [0.25, 0.3) is 0 Å². The summed E-state index contributed by atoms with van der Waals surface area (Å²) in [5, 5.41) is 2.39. The molecule has 0 heteroatoms. The summed E-state index contributed by atoms with van der Waals surface area (Å²) in [7, 11) is 0. The maximum Gasteiger partial charge on any atom is -0.000731 e. The molecule has 0 nitrogen and oxygen atoms in total. The molecule has 0 aromatic heterocycles. The van der Waals surface area contributed by atoms with Crippen molar-refractivity contribution in [1.82, 2.24) is 0 Å². The highest BCUT2D eigenvalue weighted by Gasteiger charge is 2.27. The van der Waals surface area contributed by atoms with Crippen LogP contribution in [0.2, 0.25) is 0 Å². The van der Waals surface area contributed by atoms with Crippen LogP contribution in [0.1, 0.15) is 70.2 Å². The SMILES string of the molecule is C=c1cc2c(c(C3=CC=CC3)c1C(C)(C)C)=[C]c1cc(C(C)(C)C)ccc1-2. The molecule has 0 saturated heterocycles. The van der Waals surface area contributed by atoms with Crippen LogP contribution < -0.4 is 10.4 Å². The van der Waals surface area contributed by atoms with Gasteiger partial charge in [0.15, 0.2) is 0 Å². The number of hydrogen-bond acceptors (Lipinski definition) is 0. The van der Waals surface area contributed by atoms with Crippen LogP contribution in [0.15, 0.2) is 42.5 Å². The second-order valence-electron chi connectivity index (χ2n) is 9.92. The van der Waals surface area contributed by atoms with Crippen molar-refractivity contribution in [3.8, 4) is 11.1 Å². The lowest BCUT2D eigenvalue weighted by Gasteiger charge is -2.25. The Labute approximate surface area is 163 Å². The summed E-state index contributed by atoms with van der Waals surface area (Å²) in [6.07, 6.45) is 11.4. The second kappa shape index (κ2) is 5.83. The quantitative estimate of drug-likeness (QED) is 0.525. The average Bonchev–Trinajstić information content (AvgIpc) is 3.18. The van der Waals surface area contributed by atoms with Crippen LogP contribution in [0.25, 0.3) is 29.4 Å². The minimum Gasteiger partial charge on any atom is -0.0914 e. The maximum absolute atomic E-state index is 4.45. The number of hydrogen-bond donors (Lipinski definition) is 0. The Bertz CT molecular complexity index is 1110. The Hall–Kier alpha value is -2.34. The van der Waals surface area contributed by atoms with E-state index < -0.39 is 0 Å². The lowest BCUT2D eigenvalue weighted by atomic mass is 9.78. The van der Waals surface area contributed by atoms with Gasteiger partial charge in [0.2, 0.25) is 0 Å². The van der Waals surface area contributed by atoms with Crippen LogP contribution in [0, 0.1) is 0 Å². The lowest BCUT2D eigenvalue weighted by molar-refractivity contribution is 0.584. The normalized spacial score (nSPS) is 15.4. The van der Waals surface area contributed by atoms with Crippen LogP contribution in [0.3, 0.4) is 0 Å². The van der Waals surface area contributed by atoms with Gasteiger partial charge in [-0.25, -0.2) is 0 Å². The van der Waals surface area contributed by atoms with Gasteiger partial charge >= 0.3 is 0 Å². The second-order valence-corrected chi connectivity index (χ2v) is 9.92. The molecule has 2 aliphatic rings. The Morgan fingerprint density at radius 3 is 2.26 bits per heavy atom. The van der Waals surface area contributed by atoms with Crippen molar-refractivity contribution >= 4 is 18.2 Å². The van der Waals surface area contributed by atoms with Crippen molar-refractivity contribution in [3.63, 3.8) is 0 Å². The molecule has 2 aromatic carbocycles. The molecule has 27 heavy (non-hydrogen) atoms. The molecule has 0 heterocycles. The zero-order chi connectivity index (χ0) is 19.6. The van der Waals surface area contributed by atoms with E-state index in [1.54, 1.807) is 0 Å². The van der Waals surface area contributed by atoms with Crippen molar-refractivity contribution in [2.45, 2.75) is 58.8 Å². The molecule has 0 fully saturated rings.